The third-order valence-corrected chi connectivity index (χ3v) is 5.93. The molecule has 1 aromatic heterocycles. The zero-order valence-corrected chi connectivity index (χ0v) is 14.0. The molecular weight excluding hydrogens is 282 g/mol. The lowest BCUT2D eigenvalue weighted by Crippen LogP contribution is -2.43. The van der Waals surface area contributed by atoms with E-state index in [1.807, 2.05) is 5.38 Å². The van der Waals surface area contributed by atoms with Crippen LogP contribution in [0.25, 0.3) is 0 Å². The number of likely N-dealkylation sites (N-methyl/N-ethyl adjacent to an activating group) is 1. The first-order chi connectivity index (χ1) is 10.1. The molecule has 2 bridgehead atoms. The number of hydrogen-bond acceptors (Lipinski definition) is 4. The lowest BCUT2D eigenvalue weighted by molar-refractivity contribution is 0.0666. The molecule has 0 aliphatic carbocycles. The highest BCUT2D eigenvalue weighted by Gasteiger charge is 2.40. The van der Waals surface area contributed by atoms with Gasteiger partial charge < -0.3 is 9.80 Å². The van der Waals surface area contributed by atoms with Crippen molar-refractivity contribution in [3.63, 3.8) is 0 Å². The maximum absolute atomic E-state index is 12.9. The molecule has 116 valence electrons. The molecule has 5 heteroatoms. The second kappa shape index (κ2) is 6.05. The molecule has 1 aromatic rings. The van der Waals surface area contributed by atoms with Crippen LogP contribution in [0.1, 0.15) is 61.4 Å². The average Bonchev–Trinajstić information content (AvgIpc) is 3.03. The summed E-state index contributed by atoms with van der Waals surface area (Å²) in [5.74, 6) is 0.552. The largest absolute Gasteiger partial charge is 0.330 e. The van der Waals surface area contributed by atoms with Crippen molar-refractivity contribution in [2.45, 2.75) is 58.0 Å². The molecule has 2 aliphatic rings. The van der Waals surface area contributed by atoms with Gasteiger partial charge in [0.25, 0.3) is 5.91 Å². The van der Waals surface area contributed by atoms with E-state index in [1.165, 1.54) is 0 Å². The number of fused-ring (bicyclic) bond motifs is 2. The topological polar surface area (TPSA) is 36.4 Å². The fraction of sp³-hybridized carbons (Fsp3) is 0.750. The molecule has 0 N–H and O–H groups in total. The highest BCUT2D eigenvalue weighted by Crippen LogP contribution is 2.32. The number of carbonyl (C=O) groups is 1. The fourth-order valence-electron chi connectivity index (χ4n) is 3.55. The number of carbonyl (C=O) groups excluding carboxylic acids is 1. The molecule has 0 saturated carbocycles. The van der Waals surface area contributed by atoms with Crippen LogP contribution in [-0.4, -0.2) is 52.4 Å². The first-order valence-corrected chi connectivity index (χ1v) is 8.98. The third-order valence-electron chi connectivity index (χ3n) is 4.78. The smallest absolute Gasteiger partial charge is 0.273 e. The quantitative estimate of drug-likeness (QED) is 0.861. The Morgan fingerprint density at radius 1 is 1.38 bits per heavy atom. The minimum Gasteiger partial charge on any atom is -0.330 e. The molecular formula is C16H25N3OS. The van der Waals surface area contributed by atoms with Gasteiger partial charge in [0.05, 0.1) is 5.01 Å². The molecule has 2 atom stereocenters. The maximum Gasteiger partial charge on any atom is 0.273 e. The van der Waals surface area contributed by atoms with Crippen LogP contribution in [0.15, 0.2) is 5.38 Å². The van der Waals surface area contributed by atoms with Crippen LogP contribution in [0.4, 0.5) is 0 Å². The van der Waals surface area contributed by atoms with Gasteiger partial charge >= 0.3 is 0 Å². The average molecular weight is 307 g/mol. The van der Waals surface area contributed by atoms with Crippen molar-refractivity contribution in [1.82, 2.24) is 14.8 Å². The van der Waals surface area contributed by atoms with Crippen molar-refractivity contribution in [1.29, 1.82) is 0 Å². The fourth-order valence-corrected chi connectivity index (χ4v) is 4.36. The summed E-state index contributed by atoms with van der Waals surface area (Å²) in [6, 6.07) is 0.803. The summed E-state index contributed by atoms with van der Waals surface area (Å²) < 4.78 is 0. The SMILES string of the molecule is CCN1CC[C@H]2CC[C@@H](C1)N2C(=O)c1csc(C(C)C)n1. The molecule has 2 saturated heterocycles. The highest BCUT2D eigenvalue weighted by atomic mass is 32.1. The van der Waals surface area contributed by atoms with E-state index < -0.39 is 0 Å². The van der Waals surface area contributed by atoms with Gasteiger partial charge in [-0.2, -0.15) is 0 Å². The summed E-state index contributed by atoms with van der Waals surface area (Å²) in [5.41, 5.74) is 0.658. The van der Waals surface area contributed by atoms with Crippen molar-refractivity contribution >= 4 is 17.2 Å². The normalized spacial score (nSPS) is 26.4. The minimum absolute atomic E-state index is 0.156. The number of rotatable bonds is 3. The zero-order chi connectivity index (χ0) is 15.0. The van der Waals surface area contributed by atoms with E-state index in [0.29, 0.717) is 23.7 Å². The Labute approximate surface area is 131 Å². The Hall–Kier alpha value is -0.940. The first kappa shape index (κ1) is 15.0. The first-order valence-electron chi connectivity index (χ1n) is 8.10. The van der Waals surface area contributed by atoms with Gasteiger partial charge in [-0.25, -0.2) is 4.98 Å². The number of amides is 1. The number of aromatic nitrogens is 1. The van der Waals surface area contributed by atoms with Crippen LogP contribution < -0.4 is 0 Å². The van der Waals surface area contributed by atoms with E-state index >= 15 is 0 Å². The summed E-state index contributed by atoms with van der Waals surface area (Å²) in [7, 11) is 0. The van der Waals surface area contributed by atoms with E-state index in [9.17, 15) is 4.79 Å². The van der Waals surface area contributed by atoms with Crippen molar-refractivity contribution in [2.75, 3.05) is 19.6 Å². The van der Waals surface area contributed by atoms with E-state index in [4.69, 9.17) is 0 Å². The molecule has 0 unspecified atom stereocenters. The second-order valence-corrected chi connectivity index (χ2v) is 7.39. The van der Waals surface area contributed by atoms with E-state index in [1.54, 1.807) is 11.3 Å². The molecule has 3 heterocycles. The van der Waals surface area contributed by atoms with Gasteiger partial charge in [0.1, 0.15) is 5.69 Å². The summed E-state index contributed by atoms with van der Waals surface area (Å²) in [6.45, 7) is 9.69. The highest BCUT2D eigenvalue weighted by molar-refractivity contribution is 7.09. The Balaban J connectivity index is 1.80. The van der Waals surface area contributed by atoms with Gasteiger partial charge in [0.2, 0.25) is 0 Å². The summed E-state index contributed by atoms with van der Waals surface area (Å²) in [5, 5.41) is 3.01. The van der Waals surface area contributed by atoms with Crippen molar-refractivity contribution in [3.05, 3.63) is 16.1 Å². The van der Waals surface area contributed by atoms with Gasteiger partial charge in [-0.3, -0.25) is 4.79 Å². The van der Waals surface area contributed by atoms with Crippen molar-refractivity contribution in [2.24, 2.45) is 0 Å². The van der Waals surface area contributed by atoms with Gasteiger partial charge in [-0.1, -0.05) is 20.8 Å². The van der Waals surface area contributed by atoms with Crippen LogP contribution in [-0.2, 0) is 0 Å². The van der Waals surface area contributed by atoms with E-state index in [0.717, 1.165) is 43.9 Å². The number of nitrogens with zero attached hydrogens (tertiary/aromatic N) is 3. The third kappa shape index (κ3) is 2.86. The van der Waals surface area contributed by atoms with E-state index in [-0.39, 0.29) is 5.91 Å². The molecule has 2 fully saturated rings. The second-order valence-electron chi connectivity index (χ2n) is 6.51. The van der Waals surface area contributed by atoms with Gasteiger partial charge in [-0.05, 0) is 25.8 Å². The van der Waals surface area contributed by atoms with Crippen LogP contribution in [0.3, 0.4) is 0 Å². The molecule has 4 nitrogen and oxygen atoms in total. The molecule has 0 spiro atoms. The van der Waals surface area contributed by atoms with Gasteiger partial charge in [-0.15, -0.1) is 11.3 Å². The maximum atomic E-state index is 12.9. The standard InChI is InChI=1S/C16H25N3OS/c1-4-18-8-7-12-5-6-13(9-18)19(12)16(20)14-10-21-15(17-14)11(2)3/h10-13H,4-9H2,1-3H3/t12-,13+/m1/s1. The van der Waals surface area contributed by atoms with Gasteiger partial charge in [0, 0.05) is 36.5 Å². The zero-order valence-electron chi connectivity index (χ0n) is 13.2. The molecule has 0 aromatic carbocycles. The monoisotopic (exact) mass is 307 g/mol. The predicted octanol–water partition coefficient (Wildman–Crippen LogP) is 2.97. The number of likely N-dealkylation sites (tertiary alicyclic amines) is 1. The summed E-state index contributed by atoms with van der Waals surface area (Å²) in [6.07, 6.45) is 3.42. The molecule has 1 amide bonds. The Morgan fingerprint density at radius 2 is 2.14 bits per heavy atom. The molecule has 0 radical (unpaired) electrons. The Morgan fingerprint density at radius 3 is 2.81 bits per heavy atom. The number of hydrogen-bond donors (Lipinski definition) is 0. The van der Waals surface area contributed by atoms with Gasteiger partial charge in [0.15, 0.2) is 0 Å². The summed E-state index contributed by atoms with van der Waals surface area (Å²) >= 11 is 1.61. The molecule has 3 rings (SSSR count). The van der Waals surface area contributed by atoms with Crippen molar-refractivity contribution < 1.29 is 4.79 Å². The van der Waals surface area contributed by atoms with Crippen LogP contribution in [0, 0.1) is 0 Å². The van der Waals surface area contributed by atoms with Crippen LogP contribution in [0.2, 0.25) is 0 Å². The number of thiazole rings is 1. The molecule has 21 heavy (non-hydrogen) atoms. The Bertz CT molecular complexity index is 513. The van der Waals surface area contributed by atoms with Crippen LogP contribution in [0.5, 0.6) is 0 Å². The predicted molar refractivity (Wildman–Crippen MR) is 85.9 cm³/mol. The lowest BCUT2D eigenvalue weighted by atomic mass is 10.1. The van der Waals surface area contributed by atoms with E-state index in [2.05, 4.69) is 35.6 Å². The van der Waals surface area contributed by atoms with Crippen LogP contribution >= 0.6 is 11.3 Å². The lowest BCUT2D eigenvalue weighted by Gasteiger charge is -2.28. The minimum atomic E-state index is 0.156. The summed E-state index contributed by atoms with van der Waals surface area (Å²) in [4.78, 5) is 22.1. The molecule has 2 aliphatic heterocycles. The Kier molecular flexibility index (Phi) is 4.31. The van der Waals surface area contributed by atoms with Crippen molar-refractivity contribution in [3.8, 4) is 0 Å².